The van der Waals surface area contributed by atoms with E-state index >= 15 is 0 Å². The molecule has 1 atom stereocenters. The minimum Gasteiger partial charge on any atom is -0.386 e. The number of aliphatic hydroxyl groups excluding tert-OH is 1. The lowest BCUT2D eigenvalue weighted by Gasteiger charge is -2.12. The van der Waals surface area contributed by atoms with Crippen molar-refractivity contribution in [1.29, 1.82) is 0 Å². The van der Waals surface area contributed by atoms with Gasteiger partial charge in [-0.1, -0.05) is 37.6 Å². The van der Waals surface area contributed by atoms with E-state index in [1.807, 2.05) is 13.8 Å². The average molecular weight is 265 g/mol. The Labute approximate surface area is 113 Å². The van der Waals surface area contributed by atoms with Gasteiger partial charge in [-0.25, -0.2) is 4.39 Å². The highest BCUT2D eigenvalue weighted by atomic mass is 19.1. The quantitative estimate of drug-likeness (QED) is 0.777. The first-order valence-electron chi connectivity index (χ1n) is 6.48. The Morgan fingerprint density at radius 1 is 1.37 bits per heavy atom. The van der Waals surface area contributed by atoms with Gasteiger partial charge in [-0.15, -0.1) is 0 Å². The van der Waals surface area contributed by atoms with E-state index < -0.39 is 11.9 Å². The molecule has 104 valence electrons. The number of carbonyl (C=O) groups excluding carboxylic acids is 1. The monoisotopic (exact) mass is 265 g/mol. The van der Waals surface area contributed by atoms with Crippen LogP contribution in [0.15, 0.2) is 35.9 Å². The fourth-order valence-corrected chi connectivity index (χ4v) is 1.74. The highest BCUT2D eigenvalue weighted by Gasteiger charge is 2.12. The topological polar surface area (TPSA) is 49.3 Å². The standard InChI is InChI=1S/C15H20FNO2/c1-3-11(4-2)9-15(19)17-10-14(18)12-7-5-6-8-13(12)16/h5-9,14,18H,3-4,10H2,1-2H3,(H,17,19). The van der Waals surface area contributed by atoms with Gasteiger partial charge in [-0.2, -0.15) is 0 Å². The lowest BCUT2D eigenvalue weighted by atomic mass is 10.1. The maximum atomic E-state index is 13.4. The van der Waals surface area contributed by atoms with Gasteiger partial charge in [0.25, 0.3) is 0 Å². The van der Waals surface area contributed by atoms with Crippen molar-refractivity contribution in [2.75, 3.05) is 6.54 Å². The molecule has 1 unspecified atom stereocenters. The lowest BCUT2D eigenvalue weighted by Crippen LogP contribution is -2.27. The van der Waals surface area contributed by atoms with Crippen molar-refractivity contribution in [1.82, 2.24) is 5.32 Å². The second-order valence-electron chi connectivity index (χ2n) is 4.29. The first-order chi connectivity index (χ1) is 9.08. The Kier molecular flexibility index (Phi) is 6.22. The fourth-order valence-electron chi connectivity index (χ4n) is 1.74. The van der Waals surface area contributed by atoms with Gasteiger partial charge in [-0.3, -0.25) is 4.79 Å². The molecule has 2 N–H and O–H groups in total. The van der Waals surface area contributed by atoms with E-state index in [2.05, 4.69) is 5.32 Å². The summed E-state index contributed by atoms with van der Waals surface area (Å²) in [5, 5.41) is 12.4. The number of hydrogen-bond donors (Lipinski definition) is 2. The SMILES string of the molecule is CCC(=CC(=O)NCC(O)c1ccccc1F)CC. The van der Waals surface area contributed by atoms with Gasteiger partial charge >= 0.3 is 0 Å². The van der Waals surface area contributed by atoms with Gasteiger partial charge < -0.3 is 10.4 Å². The third kappa shape index (κ3) is 4.83. The molecule has 0 aliphatic heterocycles. The molecule has 0 spiro atoms. The van der Waals surface area contributed by atoms with Crippen molar-refractivity contribution < 1.29 is 14.3 Å². The molecule has 3 nitrogen and oxygen atoms in total. The van der Waals surface area contributed by atoms with Crippen LogP contribution in [0, 0.1) is 5.82 Å². The summed E-state index contributed by atoms with van der Waals surface area (Å²) >= 11 is 0. The molecular formula is C15H20FNO2. The third-order valence-electron chi connectivity index (χ3n) is 2.98. The van der Waals surface area contributed by atoms with Crippen LogP contribution in [0.2, 0.25) is 0 Å². The van der Waals surface area contributed by atoms with Gasteiger partial charge in [-0.05, 0) is 18.9 Å². The zero-order chi connectivity index (χ0) is 14.3. The Morgan fingerprint density at radius 3 is 2.58 bits per heavy atom. The molecule has 0 fully saturated rings. The van der Waals surface area contributed by atoms with Crippen molar-refractivity contribution in [2.45, 2.75) is 32.8 Å². The molecule has 1 amide bonds. The summed E-state index contributed by atoms with van der Waals surface area (Å²) < 4.78 is 13.4. The van der Waals surface area contributed by atoms with Crippen molar-refractivity contribution in [3.8, 4) is 0 Å². The normalized spacial score (nSPS) is 11.8. The lowest BCUT2D eigenvalue weighted by molar-refractivity contribution is -0.117. The smallest absolute Gasteiger partial charge is 0.244 e. The Bertz CT molecular complexity index is 451. The fraction of sp³-hybridized carbons (Fsp3) is 0.400. The van der Waals surface area contributed by atoms with Crippen molar-refractivity contribution in [3.05, 3.63) is 47.3 Å². The van der Waals surface area contributed by atoms with E-state index in [0.717, 1.165) is 18.4 Å². The van der Waals surface area contributed by atoms with E-state index in [0.29, 0.717) is 0 Å². The van der Waals surface area contributed by atoms with Crippen molar-refractivity contribution in [2.24, 2.45) is 0 Å². The summed E-state index contributed by atoms with van der Waals surface area (Å²) in [6, 6.07) is 6.00. The second kappa shape index (κ2) is 7.69. The number of halogens is 1. The Morgan fingerprint density at radius 2 is 2.00 bits per heavy atom. The molecular weight excluding hydrogens is 245 g/mol. The third-order valence-corrected chi connectivity index (χ3v) is 2.98. The zero-order valence-electron chi connectivity index (χ0n) is 11.3. The summed E-state index contributed by atoms with van der Waals surface area (Å²) in [5.41, 5.74) is 1.23. The van der Waals surface area contributed by atoms with Crippen LogP contribution < -0.4 is 5.32 Å². The largest absolute Gasteiger partial charge is 0.386 e. The molecule has 4 heteroatoms. The first-order valence-corrected chi connectivity index (χ1v) is 6.48. The highest BCUT2D eigenvalue weighted by Crippen LogP contribution is 2.15. The zero-order valence-corrected chi connectivity index (χ0v) is 11.3. The van der Waals surface area contributed by atoms with Crippen molar-refractivity contribution >= 4 is 5.91 Å². The van der Waals surface area contributed by atoms with Crippen LogP contribution in [0.1, 0.15) is 38.4 Å². The molecule has 0 aliphatic rings. The molecule has 0 saturated heterocycles. The molecule has 0 aliphatic carbocycles. The van der Waals surface area contributed by atoms with E-state index in [1.54, 1.807) is 12.1 Å². The number of carbonyl (C=O) groups is 1. The summed E-state index contributed by atoms with van der Waals surface area (Å²) in [6.45, 7) is 3.96. The van der Waals surface area contributed by atoms with Gasteiger partial charge in [0.05, 0.1) is 6.10 Å². The Balaban J connectivity index is 2.55. The maximum Gasteiger partial charge on any atom is 0.244 e. The van der Waals surface area contributed by atoms with Crippen LogP contribution in [0.25, 0.3) is 0 Å². The highest BCUT2D eigenvalue weighted by molar-refractivity contribution is 5.88. The number of amides is 1. The predicted octanol–water partition coefficient (Wildman–Crippen LogP) is 2.72. The maximum absolute atomic E-state index is 13.4. The summed E-state index contributed by atoms with van der Waals surface area (Å²) in [6.07, 6.45) is 2.14. The summed E-state index contributed by atoms with van der Waals surface area (Å²) in [4.78, 5) is 11.6. The molecule has 1 aromatic rings. The Hall–Kier alpha value is -1.68. The van der Waals surface area contributed by atoms with Crippen LogP contribution in [0.5, 0.6) is 0 Å². The molecule has 0 heterocycles. The van der Waals surface area contributed by atoms with Crippen LogP contribution in [-0.4, -0.2) is 17.6 Å². The molecule has 0 saturated carbocycles. The van der Waals surface area contributed by atoms with Gasteiger partial charge in [0.2, 0.25) is 5.91 Å². The number of nitrogens with one attached hydrogen (secondary N) is 1. The number of aliphatic hydroxyl groups is 1. The van der Waals surface area contributed by atoms with Gasteiger partial charge in [0.1, 0.15) is 5.82 Å². The van der Waals surface area contributed by atoms with E-state index in [4.69, 9.17) is 0 Å². The molecule has 0 radical (unpaired) electrons. The van der Waals surface area contributed by atoms with E-state index in [1.165, 1.54) is 18.2 Å². The molecule has 19 heavy (non-hydrogen) atoms. The first kappa shape index (κ1) is 15.4. The van der Waals surface area contributed by atoms with Crippen LogP contribution in [0.4, 0.5) is 4.39 Å². The molecule has 1 rings (SSSR count). The van der Waals surface area contributed by atoms with Crippen LogP contribution >= 0.6 is 0 Å². The van der Waals surface area contributed by atoms with E-state index in [-0.39, 0.29) is 18.0 Å². The van der Waals surface area contributed by atoms with Crippen LogP contribution in [-0.2, 0) is 4.79 Å². The van der Waals surface area contributed by atoms with E-state index in [9.17, 15) is 14.3 Å². The van der Waals surface area contributed by atoms with Gasteiger partial charge in [0.15, 0.2) is 0 Å². The number of benzene rings is 1. The second-order valence-corrected chi connectivity index (χ2v) is 4.29. The van der Waals surface area contributed by atoms with Gasteiger partial charge in [0, 0.05) is 18.2 Å². The minimum absolute atomic E-state index is 0.00300. The summed E-state index contributed by atoms with van der Waals surface area (Å²) in [7, 11) is 0. The molecule has 1 aromatic carbocycles. The number of allylic oxidation sites excluding steroid dienone is 1. The number of hydrogen-bond acceptors (Lipinski definition) is 2. The number of rotatable bonds is 6. The molecule has 0 aromatic heterocycles. The average Bonchev–Trinajstić information content (AvgIpc) is 2.42. The predicted molar refractivity (Wildman–Crippen MR) is 73.0 cm³/mol. The molecule has 0 bridgehead atoms. The van der Waals surface area contributed by atoms with Crippen molar-refractivity contribution in [3.63, 3.8) is 0 Å². The minimum atomic E-state index is -1.04. The summed E-state index contributed by atoms with van der Waals surface area (Å²) in [5.74, 6) is -0.725. The van der Waals surface area contributed by atoms with Crippen LogP contribution in [0.3, 0.4) is 0 Å².